The number of sulfonamides is 1. The molecule has 0 saturated carbocycles. The Morgan fingerprint density at radius 3 is 2.67 bits per heavy atom. The zero-order valence-corrected chi connectivity index (χ0v) is 13.2. The first kappa shape index (κ1) is 15.0. The molecule has 3 heterocycles. The molecule has 7 nitrogen and oxygen atoms in total. The van der Waals surface area contributed by atoms with Gasteiger partial charge in [-0.05, 0) is 26.3 Å². The second-order valence-electron chi connectivity index (χ2n) is 5.68. The Morgan fingerprint density at radius 2 is 2.05 bits per heavy atom. The summed E-state index contributed by atoms with van der Waals surface area (Å²) in [6, 6.07) is 0. The number of nitrogens with zero attached hydrogens (tertiary/aromatic N) is 2. The second kappa shape index (κ2) is 5.68. The minimum atomic E-state index is -3.52. The molecule has 2 saturated heterocycles. The van der Waals surface area contributed by atoms with E-state index in [-0.39, 0.29) is 12.2 Å². The second-order valence-corrected chi connectivity index (χ2v) is 7.56. The van der Waals surface area contributed by atoms with Crippen LogP contribution in [-0.4, -0.2) is 54.8 Å². The molecule has 3 rings (SSSR count). The van der Waals surface area contributed by atoms with E-state index < -0.39 is 10.0 Å². The van der Waals surface area contributed by atoms with Crippen LogP contribution < -0.4 is 5.32 Å². The lowest BCUT2D eigenvalue weighted by Gasteiger charge is -2.31. The molecule has 1 aromatic rings. The zero-order chi connectivity index (χ0) is 15.0. The van der Waals surface area contributed by atoms with E-state index >= 15 is 0 Å². The number of morpholine rings is 1. The monoisotopic (exact) mass is 314 g/mol. The largest absolute Gasteiger partial charge is 0.372 e. The van der Waals surface area contributed by atoms with Gasteiger partial charge in [0.2, 0.25) is 10.0 Å². The van der Waals surface area contributed by atoms with E-state index in [1.807, 2.05) is 6.92 Å². The van der Waals surface area contributed by atoms with Gasteiger partial charge in [-0.3, -0.25) is 5.10 Å². The van der Waals surface area contributed by atoms with E-state index in [1.165, 1.54) is 0 Å². The highest BCUT2D eigenvalue weighted by Crippen LogP contribution is 2.31. The Labute approximate surface area is 125 Å². The summed E-state index contributed by atoms with van der Waals surface area (Å²) in [5.41, 5.74) is 1.16. The highest BCUT2D eigenvalue weighted by molar-refractivity contribution is 7.89. The summed E-state index contributed by atoms with van der Waals surface area (Å²) in [5, 5.41) is 10.1. The maximum Gasteiger partial charge on any atom is 0.246 e. The number of rotatable bonds is 5. The number of ether oxygens (including phenoxy) is 1. The molecular formula is C13H22N4O3S. The van der Waals surface area contributed by atoms with Crippen molar-refractivity contribution in [3.63, 3.8) is 0 Å². The molecule has 2 atom stereocenters. The molecule has 2 fully saturated rings. The van der Waals surface area contributed by atoms with Crippen molar-refractivity contribution < 1.29 is 13.2 Å². The van der Waals surface area contributed by atoms with Crippen molar-refractivity contribution in [2.45, 2.75) is 50.3 Å². The van der Waals surface area contributed by atoms with E-state index in [1.54, 1.807) is 11.2 Å². The summed E-state index contributed by atoms with van der Waals surface area (Å²) in [6.45, 7) is 5.85. The molecule has 0 amide bonds. The molecule has 0 aliphatic carbocycles. The molecule has 0 aromatic carbocycles. The predicted octanol–water partition coefficient (Wildman–Crippen LogP) is 0.380. The lowest BCUT2D eigenvalue weighted by atomic mass is 10.2. The number of aromatic nitrogens is 2. The molecule has 118 valence electrons. The first-order valence-electron chi connectivity index (χ1n) is 7.42. The standard InChI is InChI=1S/C13H22N4O3S/c1-3-14-6-12-13(9(2)15-16-12)21(18,19)17-7-10-4-5-11(8-17)20-10/h10-11,14H,3-8H2,1-2H3,(H,15,16). The third-order valence-corrected chi connectivity index (χ3v) is 6.15. The summed E-state index contributed by atoms with van der Waals surface area (Å²) in [7, 11) is -3.52. The fourth-order valence-corrected chi connectivity index (χ4v) is 4.91. The van der Waals surface area contributed by atoms with E-state index in [0.717, 1.165) is 19.4 Å². The summed E-state index contributed by atoms with van der Waals surface area (Å²) in [5.74, 6) is 0. The first-order chi connectivity index (χ1) is 10.0. The summed E-state index contributed by atoms with van der Waals surface area (Å²) in [4.78, 5) is 0.324. The number of H-pyrrole nitrogens is 1. The van der Waals surface area contributed by atoms with Crippen LogP contribution in [0.3, 0.4) is 0 Å². The van der Waals surface area contributed by atoms with Crippen LogP contribution in [0.25, 0.3) is 0 Å². The maximum atomic E-state index is 13.0. The molecule has 2 aliphatic rings. The molecule has 8 heteroatoms. The highest BCUT2D eigenvalue weighted by atomic mass is 32.2. The van der Waals surface area contributed by atoms with Crippen molar-refractivity contribution >= 4 is 10.0 Å². The van der Waals surface area contributed by atoms with Crippen molar-refractivity contribution in [2.24, 2.45) is 0 Å². The Balaban J connectivity index is 1.89. The molecule has 1 aromatic heterocycles. The fourth-order valence-electron chi connectivity index (χ4n) is 3.08. The van der Waals surface area contributed by atoms with Gasteiger partial charge in [0.15, 0.2) is 0 Å². The van der Waals surface area contributed by atoms with E-state index in [4.69, 9.17) is 4.74 Å². The van der Waals surface area contributed by atoms with Gasteiger partial charge >= 0.3 is 0 Å². The van der Waals surface area contributed by atoms with Crippen molar-refractivity contribution in [1.82, 2.24) is 19.8 Å². The fraction of sp³-hybridized carbons (Fsp3) is 0.769. The first-order valence-corrected chi connectivity index (χ1v) is 8.86. The van der Waals surface area contributed by atoms with Crippen LogP contribution in [0.4, 0.5) is 0 Å². The summed E-state index contributed by atoms with van der Waals surface area (Å²) in [6.07, 6.45) is 1.99. The molecule has 2 bridgehead atoms. The van der Waals surface area contributed by atoms with Crippen LogP contribution >= 0.6 is 0 Å². The van der Waals surface area contributed by atoms with Crippen LogP contribution in [0.5, 0.6) is 0 Å². The number of hydrogen-bond donors (Lipinski definition) is 2. The van der Waals surface area contributed by atoms with Gasteiger partial charge in [-0.1, -0.05) is 6.92 Å². The normalized spacial score (nSPS) is 26.4. The van der Waals surface area contributed by atoms with Gasteiger partial charge in [0, 0.05) is 19.6 Å². The van der Waals surface area contributed by atoms with Crippen LogP contribution in [0.1, 0.15) is 31.2 Å². The minimum absolute atomic E-state index is 0.0444. The lowest BCUT2D eigenvalue weighted by molar-refractivity contribution is -0.0114. The number of fused-ring (bicyclic) bond motifs is 2. The number of aryl methyl sites for hydroxylation is 1. The smallest absolute Gasteiger partial charge is 0.246 e. The average Bonchev–Trinajstić information content (AvgIpc) is 2.99. The predicted molar refractivity (Wildman–Crippen MR) is 77.4 cm³/mol. The van der Waals surface area contributed by atoms with Crippen LogP contribution in [0.15, 0.2) is 4.90 Å². The van der Waals surface area contributed by atoms with Crippen molar-refractivity contribution in [3.8, 4) is 0 Å². The van der Waals surface area contributed by atoms with Gasteiger partial charge in [0.1, 0.15) is 4.90 Å². The molecule has 2 unspecified atom stereocenters. The highest BCUT2D eigenvalue weighted by Gasteiger charge is 2.41. The van der Waals surface area contributed by atoms with Gasteiger partial charge in [-0.2, -0.15) is 9.40 Å². The Morgan fingerprint density at radius 1 is 1.38 bits per heavy atom. The molecule has 0 radical (unpaired) electrons. The van der Waals surface area contributed by atoms with Crippen molar-refractivity contribution in [3.05, 3.63) is 11.4 Å². The van der Waals surface area contributed by atoms with Crippen molar-refractivity contribution in [2.75, 3.05) is 19.6 Å². The number of hydrogen-bond acceptors (Lipinski definition) is 5. The Hall–Kier alpha value is -0.960. The SMILES string of the molecule is CCNCc1n[nH]c(C)c1S(=O)(=O)N1CC2CCC(C1)O2. The van der Waals surface area contributed by atoms with E-state index in [2.05, 4.69) is 15.5 Å². The van der Waals surface area contributed by atoms with Crippen molar-refractivity contribution in [1.29, 1.82) is 0 Å². The van der Waals surface area contributed by atoms with Gasteiger partial charge in [-0.25, -0.2) is 8.42 Å². The summed E-state index contributed by atoms with van der Waals surface area (Å²) >= 11 is 0. The Kier molecular flexibility index (Phi) is 4.04. The van der Waals surface area contributed by atoms with Gasteiger partial charge in [0.05, 0.1) is 23.6 Å². The van der Waals surface area contributed by atoms with Crippen LogP contribution in [-0.2, 0) is 21.3 Å². The third kappa shape index (κ3) is 2.73. The van der Waals surface area contributed by atoms with Crippen LogP contribution in [0.2, 0.25) is 0 Å². The lowest BCUT2D eigenvalue weighted by Crippen LogP contribution is -2.46. The Bertz CT molecular complexity index is 601. The molecular weight excluding hydrogens is 292 g/mol. The third-order valence-electron chi connectivity index (χ3n) is 4.11. The van der Waals surface area contributed by atoms with Crippen LogP contribution in [0, 0.1) is 6.92 Å². The minimum Gasteiger partial charge on any atom is -0.372 e. The molecule has 21 heavy (non-hydrogen) atoms. The topological polar surface area (TPSA) is 87.3 Å². The van der Waals surface area contributed by atoms with E-state index in [9.17, 15) is 8.42 Å². The molecule has 2 aliphatic heterocycles. The maximum absolute atomic E-state index is 13.0. The van der Waals surface area contributed by atoms with Gasteiger partial charge in [0.25, 0.3) is 0 Å². The zero-order valence-electron chi connectivity index (χ0n) is 12.4. The number of nitrogens with one attached hydrogen (secondary N) is 2. The number of aromatic amines is 1. The van der Waals surface area contributed by atoms with Gasteiger partial charge in [-0.15, -0.1) is 0 Å². The molecule has 0 spiro atoms. The van der Waals surface area contributed by atoms with Gasteiger partial charge < -0.3 is 10.1 Å². The average molecular weight is 314 g/mol. The summed E-state index contributed by atoms with van der Waals surface area (Å²) < 4.78 is 33.2. The quantitative estimate of drug-likeness (QED) is 0.820. The van der Waals surface area contributed by atoms with E-state index in [0.29, 0.717) is 35.9 Å². The molecule has 2 N–H and O–H groups in total.